The number of nitrogen functional groups attached to an aromatic ring is 1. The minimum Gasteiger partial charge on any atom is -0.467 e. The maximum absolute atomic E-state index is 5.32. The van der Waals surface area contributed by atoms with Crippen molar-refractivity contribution >= 4 is 11.8 Å². The van der Waals surface area contributed by atoms with Crippen LogP contribution in [0.1, 0.15) is 24.3 Å². The fraction of sp³-hybridized carbons (Fsp3) is 0.273. The van der Waals surface area contributed by atoms with Crippen LogP contribution in [-0.2, 0) is 0 Å². The van der Waals surface area contributed by atoms with E-state index in [1.54, 1.807) is 12.5 Å². The summed E-state index contributed by atoms with van der Waals surface area (Å²) >= 11 is 0. The van der Waals surface area contributed by atoms with Gasteiger partial charge in [0.2, 0.25) is 5.95 Å². The van der Waals surface area contributed by atoms with Crippen LogP contribution in [0, 0.1) is 6.92 Å². The minimum absolute atomic E-state index is 0.0317. The summed E-state index contributed by atoms with van der Waals surface area (Å²) in [4.78, 5) is 8.26. The predicted molar refractivity (Wildman–Crippen MR) is 65.3 cm³/mol. The summed E-state index contributed by atoms with van der Waals surface area (Å²) in [6, 6.07) is 3.80. The quantitative estimate of drug-likeness (QED) is 0.551. The molecule has 2 aromatic heterocycles. The predicted octanol–water partition coefficient (Wildman–Crippen LogP) is 1.84. The van der Waals surface area contributed by atoms with E-state index in [2.05, 4.69) is 20.7 Å². The van der Waals surface area contributed by atoms with Crippen molar-refractivity contribution in [3.8, 4) is 0 Å². The highest BCUT2D eigenvalue weighted by Gasteiger charge is 2.11. The summed E-state index contributed by atoms with van der Waals surface area (Å²) in [5.41, 5.74) is 3.36. The van der Waals surface area contributed by atoms with Gasteiger partial charge in [0, 0.05) is 11.8 Å². The Morgan fingerprint density at radius 1 is 1.47 bits per heavy atom. The fourth-order valence-electron chi connectivity index (χ4n) is 1.47. The number of furan rings is 1. The Kier molecular flexibility index (Phi) is 3.24. The molecule has 0 aromatic carbocycles. The first-order chi connectivity index (χ1) is 8.20. The third-order valence-electron chi connectivity index (χ3n) is 2.42. The monoisotopic (exact) mass is 233 g/mol. The molecule has 0 aliphatic rings. The van der Waals surface area contributed by atoms with E-state index in [0.717, 1.165) is 17.1 Å². The van der Waals surface area contributed by atoms with Crippen molar-refractivity contribution in [1.29, 1.82) is 0 Å². The van der Waals surface area contributed by atoms with E-state index in [0.29, 0.717) is 5.95 Å². The van der Waals surface area contributed by atoms with Crippen molar-refractivity contribution in [3.63, 3.8) is 0 Å². The van der Waals surface area contributed by atoms with Crippen molar-refractivity contribution in [2.75, 3.05) is 10.7 Å². The number of hydrazine groups is 1. The summed E-state index contributed by atoms with van der Waals surface area (Å²) in [6.07, 6.45) is 3.35. The van der Waals surface area contributed by atoms with Crippen molar-refractivity contribution < 1.29 is 4.42 Å². The Bertz CT molecular complexity index is 483. The van der Waals surface area contributed by atoms with E-state index in [1.807, 2.05) is 26.0 Å². The van der Waals surface area contributed by atoms with E-state index < -0.39 is 0 Å². The van der Waals surface area contributed by atoms with Gasteiger partial charge in [-0.1, -0.05) is 0 Å². The van der Waals surface area contributed by atoms with Crippen LogP contribution < -0.4 is 16.6 Å². The minimum atomic E-state index is 0.0317. The molecule has 4 N–H and O–H groups in total. The molecule has 0 saturated carbocycles. The van der Waals surface area contributed by atoms with Crippen molar-refractivity contribution in [1.82, 2.24) is 9.97 Å². The zero-order chi connectivity index (χ0) is 12.3. The van der Waals surface area contributed by atoms with Gasteiger partial charge in [-0.05, 0) is 26.0 Å². The van der Waals surface area contributed by atoms with Gasteiger partial charge in [-0.2, -0.15) is 4.98 Å². The highest BCUT2D eigenvalue weighted by molar-refractivity contribution is 5.47. The van der Waals surface area contributed by atoms with E-state index in [4.69, 9.17) is 10.3 Å². The summed E-state index contributed by atoms with van der Waals surface area (Å²) < 4.78 is 5.32. The second kappa shape index (κ2) is 4.84. The van der Waals surface area contributed by atoms with Gasteiger partial charge in [0.25, 0.3) is 0 Å². The van der Waals surface area contributed by atoms with Crippen LogP contribution in [0.3, 0.4) is 0 Å². The van der Waals surface area contributed by atoms with Crippen molar-refractivity contribution in [2.24, 2.45) is 5.84 Å². The van der Waals surface area contributed by atoms with E-state index in [9.17, 15) is 0 Å². The summed E-state index contributed by atoms with van der Waals surface area (Å²) in [5.74, 6) is 7.24. The maximum Gasteiger partial charge on any atom is 0.239 e. The SMILES string of the molecule is Cc1cnc(NN)nc1NC(C)c1ccco1. The van der Waals surface area contributed by atoms with Gasteiger partial charge in [-0.15, -0.1) is 0 Å². The fourth-order valence-corrected chi connectivity index (χ4v) is 1.47. The first-order valence-electron chi connectivity index (χ1n) is 5.31. The van der Waals surface area contributed by atoms with Gasteiger partial charge in [0.15, 0.2) is 0 Å². The molecule has 6 nitrogen and oxygen atoms in total. The van der Waals surface area contributed by atoms with Gasteiger partial charge in [-0.25, -0.2) is 10.8 Å². The maximum atomic E-state index is 5.32. The van der Waals surface area contributed by atoms with Crippen LogP contribution in [0.2, 0.25) is 0 Å². The Labute approximate surface area is 99.2 Å². The standard InChI is InChI=1S/C11H15N5O/c1-7-6-13-11(16-12)15-10(7)14-8(2)9-4-3-5-17-9/h3-6,8H,12H2,1-2H3,(H2,13,14,15,16). The molecule has 2 heterocycles. The number of anilines is 2. The molecular weight excluding hydrogens is 218 g/mol. The molecule has 1 atom stereocenters. The summed E-state index contributed by atoms with van der Waals surface area (Å²) in [5, 5.41) is 3.25. The van der Waals surface area contributed by atoms with Crippen LogP contribution in [0.25, 0.3) is 0 Å². The Hall–Kier alpha value is -2.08. The molecule has 2 rings (SSSR count). The molecule has 0 aliphatic heterocycles. The van der Waals surface area contributed by atoms with Gasteiger partial charge in [0.1, 0.15) is 11.6 Å². The smallest absolute Gasteiger partial charge is 0.239 e. The average Bonchev–Trinajstić information content (AvgIpc) is 2.85. The molecule has 0 radical (unpaired) electrons. The zero-order valence-corrected chi connectivity index (χ0v) is 9.77. The number of aromatic nitrogens is 2. The Morgan fingerprint density at radius 3 is 2.94 bits per heavy atom. The Balaban J connectivity index is 2.18. The molecule has 0 bridgehead atoms. The Morgan fingerprint density at radius 2 is 2.29 bits per heavy atom. The molecular formula is C11H15N5O. The van der Waals surface area contributed by atoms with Gasteiger partial charge < -0.3 is 9.73 Å². The molecule has 90 valence electrons. The van der Waals surface area contributed by atoms with Crippen LogP contribution in [-0.4, -0.2) is 9.97 Å². The number of hydrogen-bond acceptors (Lipinski definition) is 6. The lowest BCUT2D eigenvalue weighted by Crippen LogP contribution is -2.14. The largest absolute Gasteiger partial charge is 0.467 e. The van der Waals surface area contributed by atoms with Gasteiger partial charge in [-0.3, -0.25) is 5.43 Å². The topological polar surface area (TPSA) is 89.0 Å². The molecule has 0 fully saturated rings. The normalized spacial score (nSPS) is 12.2. The molecule has 2 aromatic rings. The molecule has 6 heteroatoms. The van der Waals surface area contributed by atoms with Crippen LogP contribution >= 0.6 is 0 Å². The lowest BCUT2D eigenvalue weighted by atomic mass is 10.2. The first-order valence-corrected chi connectivity index (χ1v) is 5.31. The highest BCUT2D eigenvalue weighted by Crippen LogP contribution is 2.20. The van der Waals surface area contributed by atoms with Crippen LogP contribution in [0.4, 0.5) is 11.8 Å². The van der Waals surface area contributed by atoms with Crippen LogP contribution in [0.5, 0.6) is 0 Å². The second-order valence-electron chi connectivity index (χ2n) is 3.75. The molecule has 0 spiro atoms. The van der Waals surface area contributed by atoms with Crippen LogP contribution in [0.15, 0.2) is 29.0 Å². The van der Waals surface area contributed by atoms with Gasteiger partial charge in [0.05, 0.1) is 12.3 Å². The molecule has 0 aliphatic carbocycles. The van der Waals surface area contributed by atoms with Crippen molar-refractivity contribution in [3.05, 3.63) is 35.9 Å². The number of nitrogens with one attached hydrogen (secondary N) is 2. The highest BCUT2D eigenvalue weighted by atomic mass is 16.3. The van der Waals surface area contributed by atoms with Gasteiger partial charge >= 0.3 is 0 Å². The van der Waals surface area contributed by atoms with E-state index in [-0.39, 0.29) is 6.04 Å². The third kappa shape index (κ3) is 2.54. The second-order valence-corrected chi connectivity index (χ2v) is 3.75. The zero-order valence-electron chi connectivity index (χ0n) is 9.77. The van der Waals surface area contributed by atoms with E-state index in [1.165, 1.54) is 0 Å². The molecule has 17 heavy (non-hydrogen) atoms. The third-order valence-corrected chi connectivity index (χ3v) is 2.42. The number of nitrogens with two attached hydrogens (primary N) is 1. The lowest BCUT2D eigenvalue weighted by molar-refractivity contribution is 0.490. The summed E-state index contributed by atoms with van der Waals surface area (Å²) in [6.45, 7) is 3.92. The first kappa shape index (κ1) is 11.4. The average molecular weight is 233 g/mol. The van der Waals surface area contributed by atoms with E-state index >= 15 is 0 Å². The lowest BCUT2D eigenvalue weighted by Gasteiger charge is -2.14. The number of nitrogens with zero attached hydrogens (tertiary/aromatic N) is 2. The molecule has 0 saturated heterocycles. The molecule has 0 amide bonds. The number of aryl methyl sites for hydroxylation is 1. The number of hydrogen-bond donors (Lipinski definition) is 3. The molecule has 1 unspecified atom stereocenters. The summed E-state index contributed by atoms with van der Waals surface area (Å²) in [7, 11) is 0. The van der Waals surface area contributed by atoms with Crippen molar-refractivity contribution in [2.45, 2.75) is 19.9 Å². The number of rotatable bonds is 4.